The number of aromatic nitrogens is 2. The number of hydrogen-bond acceptors (Lipinski definition) is 22. The van der Waals surface area contributed by atoms with E-state index in [0.717, 1.165) is 40.1 Å². The molecule has 10 atom stereocenters. The van der Waals surface area contributed by atoms with Gasteiger partial charge in [0.25, 0.3) is 11.8 Å². The second-order valence-corrected chi connectivity index (χ2v) is 33.5. The number of nitrogens with zero attached hydrogens (tertiary/aromatic N) is 6. The number of isothiocyanates is 1. The number of amides is 6. The van der Waals surface area contributed by atoms with Crippen LogP contribution in [0.2, 0.25) is 0 Å². The topological polar surface area (TPSA) is 351 Å². The lowest BCUT2D eigenvalue weighted by Crippen LogP contribution is -2.60. The van der Waals surface area contributed by atoms with E-state index in [1.165, 1.54) is 22.0 Å². The number of nitrogens with one attached hydrogen (secondary N) is 5. The fraction of sp³-hybridized carbons (Fsp3) is 0.559. The molecule has 2 aromatic carbocycles. The van der Waals surface area contributed by atoms with Crippen LogP contribution in [-0.4, -0.2) is 192 Å². The van der Waals surface area contributed by atoms with Crippen molar-refractivity contribution in [2.75, 3.05) is 52.0 Å². The number of ether oxygens (including phenoxy) is 4. The quantitative estimate of drug-likeness (QED) is 0.0136. The minimum atomic E-state index is -3.85. The highest BCUT2D eigenvalue weighted by Crippen LogP contribution is 2.47. The van der Waals surface area contributed by atoms with Gasteiger partial charge >= 0.3 is 0 Å². The van der Waals surface area contributed by atoms with Crippen LogP contribution >= 0.6 is 60.4 Å². The zero-order valence-corrected chi connectivity index (χ0v) is 63.4. The molecule has 2 aromatic heterocycles. The molecule has 5 heterocycles. The Morgan fingerprint density at radius 1 is 0.743 bits per heavy atom. The molecule has 11 rings (SSSR count). The number of nitrogens with two attached hydrogens (primary N) is 1. The second-order valence-electron chi connectivity index (χ2n) is 27.9. The Hall–Kier alpha value is -6.89. The number of likely N-dealkylation sites (tertiary alicyclic amines) is 2. The van der Waals surface area contributed by atoms with E-state index in [1.807, 2.05) is 84.0 Å². The van der Waals surface area contributed by atoms with Gasteiger partial charge in [-0.1, -0.05) is 65.5 Å². The normalized spacial score (nSPS) is 24.2. The number of fused-ring (bicyclic) bond motifs is 2. The summed E-state index contributed by atoms with van der Waals surface area (Å²) >= 11 is 11.2. The smallest absolute Gasteiger partial charge is 0.259 e. The number of benzene rings is 2. The number of aliphatic imine (C=N–C) groups is 2. The van der Waals surface area contributed by atoms with Crippen LogP contribution in [0.3, 0.4) is 0 Å². The van der Waals surface area contributed by atoms with Crippen molar-refractivity contribution in [2.24, 2.45) is 38.4 Å². The van der Waals surface area contributed by atoms with Crippen LogP contribution in [0.5, 0.6) is 23.3 Å². The zero-order chi connectivity index (χ0) is 72.0. The highest BCUT2D eigenvalue weighted by Gasteiger charge is 2.63. The van der Waals surface area contributed by atoms with Crippen LogP contribution in [0, 0.1) is 22.7 Å². The molecule has 101 heavy (non-hydrogen) atoms. The number of hydrogen-bond donors (Lipinski definition) is 6. The Morgan fingerprint density at radius 2 is 1.20 bits per heavy atom. The highest BCUT2D eigenvalue weighted by molar-refractivity contribution is 8.13. The van der Waals surface area contributed by atoms with E-state index >= 15 is 0 Å². The number of pyridine rings is 2. The monoisotopic (exact) mass is 1530 g/mol. The third-order valence-corrected chi connectivity index (χ3v) is 23.5. The standard InChI is InChI=1S/C34H44N6O7S2.C30H39N5O7S.C4H6ClNS.2ClH/c1-6-21-18-34(21,31(43)39-49(44,45)24-9-10-24)38-28(41)26-17-23(47-29-25-11-8-22(46-5)16-20(25)12-14-35-29)19-40(26)30(42)27(33(2,3)4)37-32-36-13-7-15-48-32;1-6-18-15-30(18,28(38)34-43(39,40)21-8-9-21)33-25(36)23-14-20(16-35(23)27(37)24(31)29(2,3)4)42-26-22-10-7-19(41-5)13-17(22)11-12-32-26;5-2-1-3-6-4-7;;/h6,8,11-12,14,16,21,23-24,26-27H,1,7,9-10,13,15,17-19H2,2-5H3,(H,36,37)(H,38,41)(H,39,43);6-7,10-13,18,20-21,23-24H,1,8-9,14-16,31H2,2-5H3,(H,33,36)(H,34,38);1-3H2;2*1H/t21-,23-,26+,27-,34-;18-,20-,23+,24-,30-;;;/m11.../s1. The van der Waals surface area contributed by atoms with E-state index in [-0.39, 0.29) is 69.5 Å². The molecule has 6 amide bonds. The van der Waals surface area contributed by atoms with Crippen molar-refractivity contribution in [3.8, 4) is 23.3 Å². The maximum Gasteiger partial charge on any atom is 0.259 e. The number of alkyl halides is 1. The molecule has 552 valence electrons. The molecule has 4 aromatic rings. The van der Waals surface area contributed by atoms with Crippen molar-refractivity contribution in [1.29, 1.82) is 0 Å². The van der Waals surface area contributed by atoms with E-state index in [2.05, 4.69) is 75.9 Å². The summed E-state index contributed by atoms with van der Waals surface area (Å²) in [6, 6.07) is 11.0. The van der Waals surface area contributed by atoms with Gasteiger partial charge in [-0.05, 0) is 134 Å². The second kappa shape index (κ2) is 33.7. The summed E-state index contributed by atoms with van der Waals surface area (Å²) in [6.45, 7) is 20.4. The molecule has 4 saturated carbocycles. The number of thioether (sulfide) groups is 1. The minimum absolute atomic E-state index is 0. The number of amidine groups is 1. The van der Waals surface area contributed by atoms with Crippen molar-refractivity contribution in [3.63, 3.8) is 0 Å². The first-order chi connectivity index (χ1) is 46.9. The molecule has 2 saturated heterocycles. The summed E-state index contributed by atoms with van der Waals surface area (Å²) in [5.41, 5.74) is 2.23. The van der Waals surface area contributed by atoms with Gasteiger partial charge in [0.2, 0.25) is 55.4 Å². The molecule has 7 aliphatic rings. The molecule has 33 heteroatoms. The highest BCUT2D eigenvalue weighted by atomic mass is 35.5. The summed E-state index contributed by atoms with van der Waals surface area (Å²) in [7, 11) is -4.52. The molecule has 3 aliphatic heterocycles. The van der Waals surface area contributed by atoms with Gasteiger partial charge in [-0.25, -0.2) is 31.8 Å². The van der Waals surface area contributed by atoms with Gasteiger partial charge in [0.15, 0.2) is 5.17 Å². The predicted octanol–water partition coefficient (Wildman–Crippen LogP) is 6.95. The third kappa shape index (κ3) is 19.5. The Kier molecular flexibility index (Phi) is 27.2. The van der Waals surface area contributed by atoms with Gasteiger partial charge in [-0.2, -0.15) is 0 Å². The molecule has 6 fully saturated rings. The lowest BCUT2D eigenvalue weighted by molar-refractivity contribution is -0.142. The van der Waals surface area contributed by atoms with Gasteiger partial charge in [-0.15, -0.1) is 49.6 Å². The Bertz CT molecular complexity index is 4080. The first kappa shape index (κ1) is 81.4. The van der Waals surface area contributed by atoms with Crippen LogP contribution in [0.15, 0.2) is 96.2 Å². The van der Waals surface area contributed by atoms with E-state index in [9.17, 15) is 45.6 Å². The van der Waals surface area contributed by atoms with Gasteiger partial charge < -0.3 is 50.4 Å². The molecule has 7 N–H and O–H groups in total. The van der Waals surface area contributed by atoms with Gasteiger partial charge in [-0.3, -0.25) is 43.2 Å². The SMILES string of the molecule is C=C[C@@H]1C[C@]1(NC(=O)[C@@H]1C[C@@H](Oc2nccc3cc(OC)ccc23)CN1C(=O)[C@@H](N)C(C)(C)C)C(=O)NS(=O)(=O)C1CC1.C=C[C@@H]1C[C@]1(NC(=O)[C@@H]1C[C@@H](Oc2nccc3cc(OC)ccc23)CN1C(=O)[C@@H](NC1=NCCCS1)C(C)(C)C)C(=O)NS(=O)(=O)C1CC1.Cl.Cl.S=C=NCCCCl. The molecule has 0 unspecified atom stereocenters. The predicted molar refractivity (Wildman–Crippen MR) is 397 cm³/mol. The minimum Gasteiger partial charge on any atom is -0.497 e. The van der Waals surface area contributed by atoms with Gasteiger partial charge in [0.1, 0.15) is 52.9 Å². The van der Waals surface area contributed by atoms with Crippen LogP contribution < -0.4 is 50.1 Å². The number of halogens is 3. The summed E-state index contributed by atoms with van der Waals surface area (Å²) in [5.74, 6) is -0.844. The van der Waals surface area contributed by atoms with Crippen LogP contribution in [0.1, 0.15) is 106 Å². The van der Waals surface area contributed by atoms with Crippen molar-refractivity contribution < 1.29 is 64.6 Å². The Labute approximate surface area is 617 Å². The molecule has 26 nitrogen and oxygen atoms in total. The Balaban J connectivity index is 0.000000256. The molecular formula is C68H91Cl3N12O14S4. The fourth-order valence-electron chi connectivity index (χ4n) is 12.0. The fourth-order valence-corrected chi connectivity index (χ4v) is 15.8. The average Bonchev–Trinajstić information content (AvgIpc) is 1.58. The number of methoxy groups -OCH3 is 2. The number of carbonyl (C=O) groups excluding carboxylic acids is 6. The first-order valence-electron chi connectivity index (χ1n) is 33.0. The zero-order valence-electron chi connectivity index (χ0n) is 57.7. The van der Waals surface area contributed by atoms with Crippen molar-refractivity contribution in [1.82, 2.24) is 45.2 Å². The van der Waals surface area contributed by atoms with Crippen molar-refractivity contribution in [3.05, 3.63) is 86.2 Å². The summed E-state index contributed by atoms with van der Waals surface area (Å²) in [4.78, 5) is 103. The molecule has 4 aliphatic carbocycles. The number of rotatable bonds is 24. The maximum atomic E-state index is 14.5. The van der Waals surface area contributed by atoms with Crippen molar-refractivity contribution >= 4 is 148 Å². The average molecular weight is 1540 g/mol. The molecular weight excluding hydrogens is 1440 g/mol. The van der Waals surface area contributed by atoms with E-state index in [4.69, 9.17) is 36.3 Å². The molecule has 0 bridgehead atoms. The van der Waals surface area contributed by atoms with Crippen LogP contribution in [-0.2, 0) is 48.8 Å². The van der Waals surface area contributed by atoms with E-state index in [1.54, 1.807) is 44.4 Å². The lowest BCUT2D eigenvalue weighted by atomic mass is 9.85. The third-order valence-electron chi connectivity index (χ3n) is 18.5. The van der Waals surface area contributed by atoms with E-state index in [0.29, 0.717) is 73.1 Å². The number of carbonyl (C=O) groups is 6. The van der Waals surface area contributed by atoms with Crippen molar-refractivity contribution in [2.45, 2.75) is 164 Å². The number of thiocarbonyl (C=S) groups is 1. The number of sulfonamides is 2. The summed E-state index contributed by atoms with van der Waals surface area (Å²) in [5, 5.41) is 13.9. The summed E-state index contributed by atoms with van der Waals surface area (Å²) in [6.07, 6.45) is 9.48. The molecule has 0 spiro atoms. The molecule has 0 radical (unpaired) electrons. The lowest BCUT2D eigenvalue weighted by Gasteiger charge is -2.36. The van der Waals surface area contributed by atoms with E-state index < -0.39 is 130 Å². The first-order valence-corrected chi connectivity index (χ1v) is 38.0. The maximum absolute atomic E-state index is 14.5. The Morgan fingerprint density at radius 3 is 1.56 bits per heavy atom. The summed E-state index contributed by atoms with van der Waals surface area (Å²) < 4.78 is 78.1. The van der Waals surface area contributed by atoms with Gasteiger partial charge in [0, 0.05) is 66.0 Å². The largest absolute Gasteiger partial charge is 0.497 e. The van der Waals surface area contributed by atoms with Crippen LogP contribution in [0.4, 0.5) is 0 Å². The van der Waals surface area contributed by atoms with Gasteiger partial charge in [0.05, 0.1) is 55.6 Å². The van der Waals surface area contributed by atoms with Crippen LogP contribution in [0.25, 0.3) is 21.5 Å².